The molecule has 3 rings (SSSR count). The Kier molecular flexibility index (Phi) is 6.67. The summed E-state index contributed by atoms with van der Waals surface area (Å²) < 4.78 is 31.4. The number of thioether (sulfide) groups is 1. The molecular formula is C19H28N4O3S2. The van der Waals surface area contributed by atoms with E-state index < -0.39 is 10.0 Å². The van der Waals surface area contributed by atoms with Gasteiger partial charge in [0, 0.05) is 30.4 Å². The van der Waals surface area contributed by atoms with Crippen molar-refractivity contribution in [3.8, 4) is 0 Å². The minimum atomic E-state index is -3.58. The van der Waals surface area contributed by atoms with Crippen LogP contribution in [0, 0.1) is 5.92 Å². The van der Waals surface area contributed by atoms with Gasteiger partial charge in [-0.2, -0.15) is 5.10 Å². The number of nitrogens with zero attached hydrogens (tertiary/aromatic N) is 3. The molecule has 0 saturated heterocycles. The van der Waals surface area contributed by atoms with Crippen LogP contribution in [0.15, 0.2) is 38.9 Å². The van der Waals surface area contributed by atoms with Crippen LogP contribution in [0.3, 0.4) is 0 Å². The van der Waals surface area contributed by atoms with Crippen LogP contribution in [0.1, 0.15) is 38.9 Å². The van der Waals surface area contributed by atoms with Crippen LogP contribution < -0.4 is 10.4 Å². The van der Waals surface area contributed by atoms with Gasteiger partial charge >= 0.3 is 5.69 Å². The quantitative estimate of drug-likeness (QED) is 0.690. The molecule has 1 aliphatic heterocycles. The highest BCUT2D eigenvalue weighted by Gasteiger charge is 2.25. The maximum absolute atomic E-state index is 12.7. The molecule has 2 aromatic rings. The van der Waals surface area contributed by atoms with Crippen molar-refractivity contribution in [1.29, 1.82) is 0 Å². The van der Waals surface area contributed by atoms with Crippen LogP contribution in [0.5, 0.6) is 0 Å². The van der Waals surface area contributed by atoms with Gasteiger partial charge in [0.25, 0.3) is 0 Å². The maximum Gasteiger partial charge on any atom is 0.345 e. The van der Waals surface area contributed by atoms with E-state index in [0.717, 1.165) is 17.1 Å². The zero-order valence-corrected chi connectivity index (χ0v) is 18.2. The topological polar surface area (TPSA) is 86.0 Å². The SMILES string of the molecule is CSc1ccc(S(=O)(=O)NC2CCc3nn(CCC(C)C)c(=O)n3CC2)cc1. The van der Waals surface area contributed by atoms with Crippen molar-refractivity contribution in [1.82, 2.24) is 19.1 Å². The highest BCUT2D eigenvalue weighted by atomic mass is 32.2. The Bertz CT molecular complexity index is 962. The molecule has 28 heavy (non-hydrogen) atoms. The second-order valence-corrected chi connectivity index (χ2v) is 10.2. The van der Waals surface area contributed by atoms with Gasteiger partial charge < -0.3 is 0 Å². The molecule has 0 radical (unpaired) electrons. The number of nitrogens with one attached hydrogen (secondary N) is 1. The molecule has 1 atom stereocenters. The lowest BCUT2D eigenvalue weighted by Crippen LogP contribution is -2.35. The van der Waals surface area contributed by atoms with Crippen molar-refractivity contribution in [2.24, 2.45) is 5.92 Å². The van der Waals surface area contributed by atoms with Gasteiger partial charge in [-0.25, -0.2) is 22.6 Å². The predicted molar refractivity (Wildman–Crippen MR) is 111 cm³/mol. The smallest absolute Gasteiger partial charge is 0.279 e. The third-order valence-electron chi connectivity index (χ3n) is 5.03. The van der Waals surface area contributed by atoms with E-state index in [1.54, 1.807) is 33.1 Å². The highest BCUT2D eigenvalue weighted by Crippen LogP contribution is 2.19. The normalized spacial score (nSPS) is 17.5. The largest absolute Gasteiger partial charge is 0.345 e. The molecule has 154 valence electrons. The molecule has 0 fully saturated rings. The number of rotatable bonds is 7. The van der Waals surface area contributed by atoms with Crippen LogP contribution in [0.25, 0.3) is 0 Å². The summed E-state index contributed by atoms with van der Waals surface area (Å²) in [6.45, 7) is 5.35. The van der Waals surface area contributed by atoms with Gasteiger partial charge in [-0.3, -0.25) is 4.57 Å². The van der Waals surface area contributed by atoms with E-state index >= 15 is 0 Å². The first-order valence-electron chi connectivity index (χ1n) is 9.63. The van der Waals surface area contributed by atoms with E-state index in [1.165, 1.54) is 0 Å². The van der Waals surface area contributed by atoms with Gasteiger partial charge in [0.15, 0.2) is 0 Å². The van der Waals surface area contributed by atoms with Crippen LogP contribution in [-0.2, 0) is 29.5 Å². The number of fused-ring (bicyclic) bond motifs is 1. The van der Waals surface area contributed by atoms with Gasteiger partial charge in [-0.1, -0.05) is 13.8 Å². The molecule has 1 aliphatic rings. The summed E-state index contributed by atoms with van der Waals surface area (Å²) in [6.07, 6.45) is 4.65. The van der Waals surface area contributed by atoms with Crippen molar-refractivity contribution in [2.45, 2.75) is 68.5 Å². The molecule has 0 aliphatic carbocycles. The molecule has 1 unspecified atom stereocenters. The highest BCUT2D eigenvalue weighted by molar-refractivity contribution is 7.98. The number of aromatic nitrogens is 3. The zero-order valence-electron chi connectivity index (χ0n) is 16.6. The molecule has 1 aromatic carbocycles. The summed E-state index contributed by atoms with van der Waals surface area (Å²) in [5.41, 5.74) is -0.0909. The fourth-order valence-corrected chi connectivity index (χ4v) is 5.03. The Morgan fingerprint density at radius 3 is 2.61 bits per heavy atom. The van der Waals surface area contributed by atoms with Crippen molar-refractivity contribution >= 4 is 21.8 Å². The second-order valence-electron chi connectivity index (χ2n) is 7.58. The lowest BCUT2D eigenvalue weighted by molar-refractivity contribution is 0.458. The molecule has 0 spiro atoms. The van der Waals surface area contributed by atoms with Crippen molar-refractivity contribution in [3.63, 3.8) is 0 Å². The first kappa shape index (κ1) is 21.1. The molecule has 0 bridgehead atoms. The summed E-state index contributed by atoms with van der Waals surface area (Å²) >= 11 is 1.57. The first-order valence-corrected chi connectivity index (χ1v) is 12.3. The summed E-state index contributed by atoms with van der Waals surface area (Å²) in [5.74, 6) is 1.26. The van der Waals surface area contributed by atoms with Crippen molar-refractivity contribution in [3.05, 3.63) is 40.6 Å². The van der Waals surface area contributed by atoms with Crippen LogP contribution >= 0.6 is 11.8 Å². The van der Waals surface area contributed by atoms with E-state index in [-0.39, 0.29) is 16.6 Å². The third-order valence-corrected chi connectivity index (χ3v) is 7.31. The van der Waals surface area contributed by atoms with Gasteiger partial charge in [0.2, 0.25) is 10.0 Å². The third kappa shape index (κ3) is 4.87. The number of benzene rings is 1. The summed E-state index contributed by atoms with van der Waals surface area (Å²) in [4.78, 5) is 13.9. The zero-order chi connectivity index (χ0) is 20.3. The summed E-state index contributed by atoms with van der Waals surface area (Å²) in [7, 11) is -3.58. The Balaban J connectivity index is 1.67. The molecule has 1 N–H and O–H groups in total. The number of aryl methyl sites for hydroxylation is 2. The van der Waals surface area contributed by atoms with E-state index in [4.69, 9.17) is 0 Å². The van der Waals surface area contributed by atoms with E-state index in [0.29, 0.717) is 38.3 Å². The average Bonchev–Trinajstić information content (AvgIpc) is 2.83. The molecule has 0 amide bonds. The Labute approximate surface area is 170 Å². The van der Waals surface area contributed by atoms with Crippen LogP contribution in [0.4, 0.5) is 0 Å². The van der Waals surface area contributed by atoms with Crippen molar-refractivity contribution in [2.75, 3.05) is 6.26 Å². The number of hydrogen-bond donors (Lipinski definition) is 1. The minimum absolute atomic E-state index is 0.0909. The Hall–Kier alpha value is -1.58. The minimum Gasteiger partial charge on any atom is -0.279 e. The van der Waals surface area contributed by atoms with Crippen molar-refractivity contribution < 1.29 is 8.42 Å². The maximum atomic E-state index is 12.7. The number of hydrogen-bond acceptors (Lipinski definition) is 5. The monoisotopic (exact) mass is 424 g/mol. The molecule has 1 aromatic heterocycles. The van der Waals surface area contributed by atoms with Crippen LogP contribution in [0.2, 0.25) is 0 Å². The van der Waals surface area contributed by atoms with E-state index in [9.17, 15) is 13.2 Å². The van der Waals surface area contributed by atoms with E-state index in [2.05, 4.69) is 23.7 Å². The van der Waals surface area contributed by atoms with Gasteiger partial charge in [-0.15, -0.1) is 11.8 Å². The summed E-state index contributed by atoms with van der Waals surface area (Å²) in [6, 6.07) is 6.66. The van der Waals surface area contributed by atoms with Gasteiger partial charge in [0.05, 0.1) is 4.90 Å². The fraction of sp³-hybridized carbons (Fsp3) is 0.579. The van der Waals surface area contributed by atoms with E-state index in [1.807, 2.05) is 18.4 Å². The summed E-state index contributed by atoms with van der Waals surface area (Å²) in [5, 5.41) is 4.48. The molecule has 0 saturated carbocycles. The fourth-order valence-electron chi connectivity index (χ4n) is 3.31. The lowest BCUT2D eigenvalue weighted by atomic mass is 10.1. The average molecular weight is 425 g/mol. The molecular weight excluding hydrogens is 396 g/mol. The second kappa shape index (κ2) is 8.84. The molecule has 2 heterocycles. The predicted octanol–water partition coefficient (Wildman–Crippen LogP) is 2.50. The van der Waals surface area contributed by atoms with Crippen LogP contribution in [-0.4, -0.2) is 35.1 Å². The van der Waals surface area contributed by atoms with Gasteiger partial charge in [0.1, 0.15) is 5.82 Å². The molecule has 7 nitrogen and oxygen atoms in total. The lowest BCUT2D eigenvalue weighted by Gasteiger charge is -2.16. The van der Waals surface area contributed by atoms with Gasteiger partial charge in [-0.05, 0) is 55.7 Å². The number of sulfonamides is 1. The Morgan fingerprint density at radius 1 is 1.25 bits per heavy atom. The Morgan fingerprint density at radius 2 is 1.96 bits per heavy atom. The first-order chi connectivity index (χ1) is 13.3. The molecule has 9 heteroatoms. The standard InChI is InChI=1S/C19H28N4O3S2/c1-14(2)10-13-23-19(24)22-12-11-15(4-9-18(22)20-23)21-28(25,26)17-7-5-16(27-3)6-8-17/h5-8,14-15,21H,4,9-13H2,1-3H3.